The van der Waals surface area contributed by atoms with Crippen molar-refractivity contribution >= 4 is 21.4 Å². The molecule has 1 aromatic rings. The van der Waals surface area contributed by atoms with Crippen molar-refractivity contribution in [2.75, 3.05) is 18.1 Å². The molecule has 0 aliphatic carbocycles. The summed E-state index contributed by atoms with van der Waals surface area (Å²) in [6.45, 7) is 3.85. The van der Waals surface area contributed by atoms with Crippen molar-refractivity contribution in [2.45, 2.75) is 26.3 Å². The molecule has 0 unspecified atom stereocenters. The van der Waals surface area contributed by atoms with E-state index in [4.69, 9.17) is 22.1 Å². The van der Waals surface area contributed by atoms with E-state index >= 15 is 0 Å². The number of hydrogen-bond acceptors (Lipinski definition) is 4. The van der Waals surface area contributed by atoms with Crippen molar-refractivity contribution in [3.63, 3.8) is 0 Å². The Labute approximate surface area is 119 Å². The van der Waals surface area contributed by atoms with Crippen LogP contribution < -0.4 is 10.5 Å². The van der Waals surface area contributed by atoms with Crippen molar-refractivity contribution < 1.29 is 13.2 Å². The van der Waals surface area contributed by atoms with Gasteiger partial charge in [-0.25, -0.2) is 8.42 Å². The molecule has 0 spiro atoms. The predicted octanol–water partition coefficient (Wildman–Crippen LogP) is 2.56. The molecular weight excluding hydrogens is 286 g/mol. The molecule has 0 bridgehead atoms. The average molecular weight is 306 g/mol. The van der Waals surface area contributed by atoms with Gasteiger partial charge in [0.1, 0.15) is 15.6 Å². The third-order valence-corrected chi connectivity index (χ3v) is 4.86. The quantitative estimate of drug-likeness (QED) is 0.786. The van der Waals surface area contributed by atoms with Crippen LogP contribution in [0, 0.1) is 0 Å². The van der Waals surface area contributed by atoms with E-state index in [1.54, 1.807) is 19.1 Å². The lowest BCUT2D eigenvalue weighted by Crippen LogP contribution is -2.12. The highest BCUT2D eigenvalue weighted by atomic mass is 35.5. The number of hydrogen-bond donors (Lipinski definition) is 1. The summed E-state index contributed by atoms with van der Waals surface area (Å²) in [7, 11) is -2.93. The third-order valence-electron chi connectivity index (χ3n) is 2.78. The number of benzene rings is 1. The largest absolute Gasteiger partial charge is 0.492 e. The minimum atomic E-state index is -2.93. The monoisotopic (exact) mass is 305 g/mol. The Morgan fingerprint density at radius 1 is 1.42 bits per heavy atom. The Morgan fingerprint density at radius 3 is 2.63 bits per heavy atom. The maximum Gasteiger partial charge on any atom is 0.150 e. The molecule has 0 fully saturated rings. The molecule has 0 heterocycles. The zero-order valence-corrected chi connectivity index (χ0v) is 12.8. The van der Waals surface area contributed by atoms with Gasteiger partial charge < -0.3 is 10.5 Å². The minimum absolute atomic E-state index is 0.0822. The number of halogens is 1. The minimum Gasteiger partial charge on any atom is -0.492 e. The molecular formula is C13H20ClNO3S. The van der Waals surface area contributed by atoms with Crippen LogP contribution in [0.1, 0.15) is 31.9 Å². The van der Waals surface area contributed by atoms with Crippen LogP contribution in [-0.4, -0.2) is 26.5 Å². The lowest BCUT2D eigenvalue weighted by molar-refractivity contribution is 0.318. The van der Waals surface area contributed by atoms with E-state index in [-0.39, 0.29) is 17.5 Å². The molecule has 1 rings (SSSR count). The van der Waals surface area contributed by atoms with E-state index in [0.717, 1.165) is 5.56 Å². The van der Waals surface area contributed by atoms with Crippen LogP contribution in [0.5, 0.6) is 5.75 Å². The fourth-order valence-electron chi connectivity index (χ4n) is 1.52. The first-order chi connectivity index (χ1) is 8.85. The summed E-state index contributed by atoms with van der Waals surface area (Å²) in [5, 5.41) is 0.494. The van der Waals surface area contributed by atoms with Crippen molar-refractivity contribution in [1.82, 2.24) is 0 Å². The Morgan fingerprint density at radius 2 is 2.11 bits per heavy atom. The van der Waals surface area contributed by atoms with Gasteiger partial charge in [0.15, 0.2) is 0 Å². The van der Waals surface area contributed by atoms with E-state index in [2.05, 4.69) is 0 Å². The molecule has 108 valence electrons. The number of ether oxygens (including phenoxy) is 1. The van der Waals surface area contributed by atoms with Gasteiger partial charge in [-0.05, 0) is 31.0 Å². The maximum absolute atomic E-state index is 11.3. The predicted molar refractivity (Wildman–Crippen MR) is 78.5 cm³/mol. The highest BCUT2D eigenvalue weighted by Gasteiger charge is 2.08. The van der Waals surface area contributed by atoms with Gasteiger partial charge in [0.2, 0.25) is 0 Å². The molecule has 0 aliphatic rings. The van der Waals surface area contributed by atoms with Crippen molar-refractivity contribution in [2.24, 2.45) is 5.73 Å². The van der Waals surface area contributed by atoms with Gasteiger partial charge in [-0.3, -0.25) is 0 Å². The van der Waals surface area contributed by atoms with E-state index in [1.807, 2.05) is 13.0 Å². The topological polar surface area (TPSA) is 69.4 Å². The molecule has 0 saturated carbocycles. The zero-order valence-electron chi connectivity index (χ0n) is 11.2. The first-order valence-corrected chi connectivity index (χ1v) is 8.44. The van der Waals surface area contributed by atoms with Crippen LogP contribution in [-0.2, 0) is 9.84 Å². The Balaban J connectivity index is 2.50. The maximum atomic E-state index is 11.3. The van der Waals surface area contributed by atoms with E-state index in [9.17, 15) is 8.42 Å². The van der Waals surface area contributed by atoms with E-state index in [0.29, 0.717) is 23.8 Å². The Bertz CT molecular complexity index is 515. The average Bonchev–Trinajstić information content (AvgIpc) is 2.36. The molecule has 1 atom stereocenters. The zero-order chi connectivity index (χ0) is 14.5. The second kappa shape index (κ2) is 7.12. The number of sulfone groups is 1. The van der Waals surface area contributed by atoms with Crippen molar-refractivity contribution in [3.05, 3.63) is 28.8 Å². The molecule has 0 aliphatic heterocycles. The van der Waals surface area contributed by atoms with Gasteiger partial charge in [0.25, 0.3) is 0 Å². The fraction of sp³-hybridized carbons (Fsp3) is 0.538. The molecule has 0 aromatic heterocycles. The van der Waals surface area contributed by atoms with Crippen LogP contribution in [0.2, 0.25) is 5.02 Å². The van der Waals surface area contributed by atoms with Crippen LogP contribution in [0.4, 0.5) is 0 Å². The molecule has 0 amide bonds. The van der Waals surface area contributed by atoms with Crippen LogP contribution in [0.15, 0.2) is 18.2 Å². The van der Waals surface area contributed by atoms with Crippen LogP contribution in [0.25, 0.3) is 0 Å². The summed E-state index contributed by atoms with van der Waals surface area (Å²) in [4.78, 5) is 0. The van der Waals surface area contributed by atoms with Crippen molar-refractivity contribution in [1.29, 1.82) is 0 Å². The highest BCUT2D eigenvalue weighted by molar-refractivity contribution is 7.91. The molecule has 0 radical (unpaired) electrons. The van der Waals surface area contributed by atoms with Gasteiger partial charge in [0.05, 0.1) is 17.4 Å². The molecule has 19 heavy (non-hydrogen) atoms. The molecule has 1 aromatic carbocycles. The molecule has 4 nitrogen and oxygen atoms in total. The smallest absolute Gasteiger partial charge is 0.150 e. The number of nitrogens with two attached hydrogens (primary N) is 1. The normalized spacial score (nSPS) is 13.3. The Kier molecular flexibility index (Phi) is 6.10. The summed E-state index contributed by atoms with van der Waals surface area (Å²) < 4.78 is 28.1. The van der Waals surface area contributed by atoms with E-state index < -0.39 is 9.84 Å². The first-order valence-electron chi connectivity index (χ1n) is 6.24. The van der Waals surface area contributed by atoms with Gasteiger partial charge in [-0.15, -0.1) is 0 Å². The summed E-state index contributed by atoms with van der Waals surface area (Å²) in [6, 6.07) is 5.30. The van der Waals surface area contributed by atoms with Gasteiger partial charge in [-0.2, -0.15) is 0 Å². The summed E-state index contributed by atoms with van der Waals surface area (Å²) in [6.07, 6.45) is 0.460. The van der Waals surface area contributed by atoms with Crippen molar-refractivity contribution in [3.8, 4) is 5.75 Å². The van der Waals surface area contributed by atoms with Crippen LogP contribution >= 0.6 is 11.6 Å². The van der Waals surface area contributed by atoms with E-state index in [1.165, 1.54) is 0 Å². The lowest BCUT2D eigenvalue weighted by Gasteiger charge is -2.11. The first kappa shape index (κ1) is 16.3. The summed E-state index contributed by atoms with van der Waals surface area (Å²) in [5.74, 6) is 0.857. The van der Waals surface area contributed by atoms with Crippen LogP contribution in [0.3, 0.4) is 0 Å². The third kappa shape index (κ3) is 5.38. The number of rotatable bonds is 7. The fourth-order valence-corrected chi connectivity index (χ4v) is 2.61. The van der Waals surface area contributed by atoms with Gasteiger partial charge in [-0.1, -0.05) is 24.6 Å². The molecule has 0 saturated heterocycles. The summed E-state index contributed by atoms with van der Waals surface area (Å²) in [5.41, 5.74) is 6.69. The second-order valence-corrected chi connectivity index (χ2v) is 7.30. The van der Waals surface area contributed by atoms with Gasteiger partial charge >= 0.3 is 0 Å². The lowest BCUT2D eigenvalue weighted by atomic mass is 10.1. The second-order valence-electron chi connectivity index (χ2n) is 4.42. The Hall–Kier alpha value is -0.780. The SMILES string of the molecule is CCS(=O)(=O)CCCOc1ccc([C@H](C)N)cc1Cl. The summed E-state index contributed by atoms with van der Waals surface area (Å²) >= 11 is 6.07. The highest BCUT2D eigenvalue weighted by Crippen LogP contribution is 2.27. The standard InChI is InChI=1S/C13H20ClNO3S/c1-3-19(16,17)8-4-7-18-13-6-5-11(10(2)15)9-12(13)14/h5-6,9-10H,3-4,7-8,15H2,1-2H3/t10-/m0/s1. The molecule has 2 N–H and O–H groups in total. The van der Waals surface area contributed by atoms with Gasteiger partial charge in [0, 0.05) is 11.8 Å². The molecule has 6 heteroatoms.